The van der Waals surface area contributed by atoms with Crippen molar-refractivity contribution < 1.29 is 4.74 Å². The molecule has 1 fully saturated rings. The number of morpholine rings is 1. The Morgan fingerprint density at radius 1 is 1.13 bits per heavy atom. The summed E-state index contributed by atoms with van der Waals surface area (Å²) < 4.78 is 5.34. The number of nitrogens with one attached hydrogen (secondary N) is 1. The summed E-state index contributed by atoms with van der Waals surface area (Å²) >= 11 is 0. The van der Waals surface area contributed by atoms with Gasteiger partial charge in [-0.05, 0) is 24.9 Å². The maximum absolute atomic E-state index is 5.34. The zero-order valence-electron chi connectivity index (χ0n) is 10.5. The SMILES string of the molecule is CC(C)CNCC(C)CN1CCOCC1. The van der Waals surface area contributed by atoms with E-state index in [0.717, 1.165) is 51.2 Å². The highest BCUT2D eigenvalue weighted by Gasteiger charge is 2.13. The highest BCUT2D eigenvalue weighted by atomic mass is 16.5. The topological polar surface area (TPSA) is 24.5 Å². The second-order valence-electron chi connectivity index (χ2n) is 5.07. The summed E-state index contributed by atoms with van der Waals surface area (Å²) in [5.74, 6) is 1.49. The van der Waals surface area contributed by atoms with Crippen LogP contribution < -0.4 is 5.32 Å². The Morgan fingerprint density at radius 2 is 1.80 bits per heavy atom. The van der Waals surface area contributed by atoms with Gasteiger partial charge in [-0.15, -0.1) is 0 Å². The van der Waals surface area contributed by atoms with E-state index in [1.165, 1.54) is 6.54 Å². The molecule has 0 spiro atoms. The summed E-state index contributed by atoms with van der Waals surface area (Å²) in [6, 6.07) is 0. The summed E-state index contributed by atoms with van der Waals surface area (Å²) in [6.45, 7) is 14.3. The minimum Gasteiger partial charge on any atom is -0.379 e. The lowest BCUT2D eigenvalue weighted by Crippen LogP contribution is -2.41. The first-order chi connectivity index (χ1) is 7.18. The smallest absolute Gasteiger partial charge is 0.0594 e. The molecule has 1 atom stereocenters. The number of hydrogen-bond donors (Lipinski definition) is 1. The minimum atomic E-state index is 0.738. The highest BCUT2D eigenvalue weighted by molar-refractivity contribution is 4.67. The van der Waals surface area contributed by atoms with E-state index in [-0.39, 0.29) is 0 Å². The molecule has 1 N–H and O–H groups in total. The molecule has 0 aromatic heterocycles. The summed E-state index contributed by atoms with van der Waals surface area (Å²) in [5, 5.41) is 3.52. The third-order valence-corrected chi connectivity index (χ3v) is 2.72. The monoisotopic (exact) mass is 214 g/mol. The van der Waals surface area contributed by atoms with Crippen molar-refractivity contribution >= 4 is 0 Å². The van der Waals surface area contributed by atoms with Crippen LogP contribution in [-0.2, 0) is 4.74 Å². The molecule has 0 saturated carbocycles. The Kier molecular flexibility index (Phi) is 6.22. The fraction of sp³-hybridized carbons (Fsp3) is 1.00. The number of nitrogens with zero attached hydrogens (tertiary/aromatic N) is 1. The van der Waals surface area contributed by atoms with Crippen molar-refractivity contribution in [3.8, 4) is 0 Å². The Hall–Kier alpha value is -0.120. The van der Waals surface area contributed by atoms with Crippen LogP contribution in [0.3, 0.4) is 0 Å². The van der Waals surface area contributed by atoms with Gasteiger partial charge in [0.2, 0.25) is 0 Å². The largest absolute Gasteiger partial charge is 0.379 e. The molecule has 1 heterocycles. The lowest BCUT2D eigenvalue weighted by atomic mass is 10.1. The summed E-state index contributed by atoms with van der Waals surface area (Å²) in [5.41, 5.74) is 0. The molecular weight excluding hydrogens is 188 g/mol. The van der Waals surface area contributed by atoms with Crippen LogP contribution in [0, 0.1) is 11.8 Å². The molecule has 0 radical (unpaired) electrons. The van der Waals surface area contributed by atoms with Crippen molar-refractivity contribution in [2.24, 2.45) is 11.8 Å². The van der Waals surface area contributed by atoms with Crippen LogP contribution in [0.2, 0.25) is 0 Å². The molecular formula is C12H26N2O. The quantitative estimate of drug-likeness (QED) is 0.719. The van der Waals surface area contributed by atoms with E-state index in [2.05, 4.69) is 31.0 Å². The summed E-state index contributed by atoms with van der Waals surface area (Å²) in [7, 11) is 0. The van der Waals surface area contributed by atoms with Crippen LogP contribution in [0.5, 0.6) is 0 Å². The molecule has 90 valence electrons. The lowest BCUT2D eigenvalue weighted by molar-refractivity contribution is 0.0318. The van der Waals surface area contributed by atoms with Gasteiger partial charge in [-0.25, -0.2) is 0 Å². The molecule has 1 aliphatic heterocycles. The van der Waals surface area contributed by atoms with Gasteiger partial charge in [0.05, 0.1) is 13.2 Å². The van der Waals surface area contributed by atoms with E-state index >= 15 is 0 Å². The molecule has 0 aromatic rings. The number of ether oxygens (including phenoxy) is 1. The molecule has 15 heavy (non-hydrogen) atoms. The van der Waals surface area contributed by atoms with Gasteiger partial charge >= 0.3 is 0 Å². The van der Waals surface area contributed by atoms with Crippen molar-refractivity contribution in [1.82, 2.24) is 10.2 Å². The zero-order chi connectivity index (χ0) is 11.1. The average molecular weight is 214 g/mol. The van der Waals surface area contributed by atoms with Gasteiger partial charge in [-0.1, -0.05) is 20.8 Å². The zero-order valence-corrected chi connectivity index (χ0v) is 10.5. The van der Waals surface area contributed by atoms with Crippen molar-refractivity contribution in [3.05, 3.63) is 0 Å². The summed E-state index contributed by atoms with van der Waals surface area (Å²) in [4.78, 5) is 2.51. The Bertz CT molecular complexity index is 156. The van der Waals surface area contributed by atoms with Gasteiger partial charge in [0, 0.05) is 19.6 Å². The van der Waals surface area contributed by atoms with Crippen molar-refractivity contribution in [1.29, 1.82) is 0 Å². The van der Waals surface area contributed by atoms with Gasteiger partial charge in [-0.2, -0.15) is 0 Å². The first-order valence-corrected chi connectivity index (χ1v) is 6.19. The molecule has 1 saturated heterocycles. The Morgan fingerprint density at radius 3 is 2.40 bits per heavy atom. The Balaban J connectivity index is 2.03. The predicted octanol–water partition coefficient (Wildman–Crippen LogP) is 1.20. The van der Waals surface area contributed by atoms with E-state index in [9.17, 15) is 0 Å². The normalized spacial score (nSPS) is 20.8. The molecule has 3 heteroatoms. The highest BCUT2D eigenvalue weighted by Crippen LogP contribution is 2.02. The molecule has 0 aromatic carbocycles. The second-order valence-corrected chi connectivity index (χ2v) is 5.07. The van der Waals surface area contributed by atoms with E-state index in [1.54, 1.807) is 0 Å². The van der Waals surface area contributed by atoms with Gasteiger partial charge in [-0.3, -0.25) is 4.90 Å². The third-order valence-electron chi connectivity index (χ3n) is 2.72. The first kappa shape index (κ1) is 12.9. The maximum atomic E-state index is 5.34. The van der Waals surface area contributed by atoms with Gasteiger partial charge < -0.3 is 10.1 Å². The fourth-order valence-corrected chi connectivity index (χ4v) is 1.91. The van der Waals surface area contributed by atoms with Crippen LogP contribution in [0.15, 0.2) is 0 Å². The molecule has 1 aliphatic rings. The van der Waals surface area contributed by atoms with Crippen LogP contribution >= 0.6 is 0 Å². The molecule has 1 unspecified atom stereocenters. The van der Waals surface area contributed by atoms with E-state index < -0.39 is 0 Å². The van der Waals surface area contributed by atoms with Gasteiger partial charge in [0.25, 0.3) is 0 Å². The van der Waals surface area contributed by atoms with Crippen LogP contribution in [0.1, 0.15) is 20.8 Å². The van der Waals surface area contributed by atoms with E-state index in [0.29, 0.717) is 0 Å². The van der Waals surface area contributed by atoms with Crippen molar-refractivity contribution in [2.45, 2.75) is 20.8 Å². The van der Waals surface area contributed by atoms with Crippen LogP contribution in [0.4, 0.5) is 0 Å². The first-order valence-electron chi connectivity index (χ1n) is 6.19. The third kappa shape index (κ3) is 6.13. The lowest BCUT2D eigenvalue weighted by Gasteiger charge is -2.29. The molecule has 1 rings (SSSR count). The number of rotatable bonds is 6. The molecule has 0 bridgehead atoms. The number of hydrogen-bond acceptors (Lipinski definition) is 3. The van der Waals surface area contributed by atoms with Crippen molar-refractivity contribution in [2.75, 3.05) is 45.9 Å². The maximum Gasteiger partial charge on any atom is 0.0594 e. The van der Waals surface area contributed by atoms with E-state index in [4.69, 9.17) is 4.74 Å². The van der Waals surface area contributed by atoms with Gasteiger partial charge in [0.1, 0.15) is 0 Å². The standard InChI is InChI=1S/C12H26N2O/c1-11(2)8-13-9-12(3)10-14-4-6-15-7-5-14/h11-13H,4-10H2,1-3H3. The predicted molar refractivity (Wildman–Crippen MR) is 64.1 cm³/mol. The van der Waals surface area contributed by atoms with Crippen molar-refractivity contribution in [3.63, 3.8) is 0 Å². The van der Waals surface area contributed by atoms with Crippen LogP contribution in [0.25, 0.3) is 0 Å². The van der Waals surface area contributed by atoms with E-state index in [1.807, 2.05) is 0 Å². The van der Waals surface area contributed by atoms with Gasteiger partial charge in [0.15, 0.2) is 0 Å². The van der Waals surface area contributed by atoms with Crippen LogP contribution in [-0.4, -0.2) is 50.8 Å². The molecule has 0 aliphatic carbocycles. The Labute approximate surface area is 94.2 Å². The molecule has 3 nitrogen and oxygen atoms in total. The second kappa shape index (κ2) is 7.20. The summed E-state index contributed by atoms with van der Waals surface area (Å²) in [6.07, 6.45) is 0. The minimum absolute atomic E-state index is 0.738. The fourth-order valence-electron chi connectivity index (χ4n) is 1.91. The molecule has 0 amide bonds. The average Bonchev–Trinajstić information content (AvgIpc) is 2.18.